The molecule has 1 aromatic carbocycles. The Balaban J connectivity index is 2.32. The molecule has 0 aliphatic rings. The molecular weight excluding hydrogens is 146 g/mol. The van der Waals surface area contributed by atoms with Crippen molar-refractivity contribution >= 4 is 5.91 Å². The molecule has 4 nitrogen and oxygen atoms in total. The van der Waals surface area contributed by atoms with Crippen LogP contribution < -0.4 is 0 Å². The minimum atomic E-state index is -0.286. The molecule has 4 heteroatoms. The number of hydrogen-bond donors (Lipinski definition) is 0. The maximum absolute atomic E-state index is 11.1. The van der Waals surface area contributed by atoms with Gasteiger partial charge in [0.15, 0.2) is 0 Å². The van der Waals surface area contributed by atoms with Gasteiger partial charge in [-0.1, -0.05) is 18.2 Å². The summed E-state index contributed by atoms with van der Waals surface area (Å²) in [6, 6.07) is 8.76. The molecule has 11 heavy (non-hydrogen) atoms. The fourth-order valence-electron chi connectivity index (χ4n) is 0.771. The molecule has 0 saturated carbocycles. The fourth-order valence-corrected chi connectivity index (χ4v) is 0.771. The molecule has 0 amide bonds. The lowest BCUT2D eigenvalue weighted by atomic mass is 10.2. The molecule has 0 atom stereocenters. The number of benzene rings is 1. The number of hydrogen-bond acceptors (Lipinski definition) is 3. The lowest BCUT2D eigenvalue weighted by Crippen LogP contribution is -2.02. The summed E-state index contributed by atoms with van der Waals surface area (Å²) in [5.41, 5.74) is 0.546. The van der Waals surface area contributed by atoms with Gasteiger partial charge in [-0.15, -0.1) is 9.36 Å². The zero-order chi connectivity index (χ0) is 7.68. The van der Waals surface area contributed by atoms with Crippen LogP contribution in [-0.4, -0.2) is 10.8 Å². The number of aromatic nitrogens is 1. The summed E-state index contributed by atoms with van der Waals surface area (Å²) in [5.74, 6) is -0.286. The van der Waals surface area contributed by atoms with Gasteiger partial charge in [0.05, 0.1) is 4.91 Å². The molecule has 0 N–H and O–H groups in total. The standard InChI is InChI=1S/C7H5NO3/c9-7(8-10-11-8)6-4-2-1-3-5-6/h1-5H. The minimum absolute atomic E-state index is 0.286. The number of rotatable bonds is 1. The van der Waals surface area contributed by atoms with Crippen LogP contribution in [0.2, 0.25) is 0 Å². The summed E-state index contributed by atoms with van der Waals surface area (Å²) in [5, 5.41) is 0. The maximum Gasteiger partial charge on any atom is 0.335 e. The molecule has 0 saturated heterocycles. The largest absolute Gasteiger partial charge is 0.335 e. The third kappa shape index (κ3) is 1.10. The first-order chi connectivity index (χ1) is 5.38. The Labute approximate surface area is 61.9 Å². The van der Waals surface area contributed by atoms with E-state index in [4.69, 9.17) is 0 Å². The first-order valence-electron chi connectivity index (χ1n) is 3.12. The molecule has 0 fully saturated rings. The lowest BCUT2D eigenvalue weighted by Gasteiger charge is -1.88. The molecule has 1 aromatic heterocycles. The Morgan fingerprint density at radius 3 is 2.36 bits per heavy atom. The van der Waals surface area contributed by atoms with Crippen molar-refractivity contribution in [1.29, 1.82) is 0 Å². The second-order valence-corrected chi connectivity index (χ2v) is 2.08. The van der Waals surface area contributed by atoms with Crippen molar-refractivity contribution in [1.82, 2.24) is 4.91 Å². The van der Waals surface area contributed by atoms with E-state index >= 15 is 0 Å². The van der Waals surface area contributed by atoms with E-state index in [0.29, 0.717) is 5.56 Å². The zero-order valence-corrected chi connectivity index (χ0v) is 5.56. The third-order valence-electron chi connectivity index (χ3n) is 1.34. The molecule has 2 rings (SSSR count). The van der Waals surface area contributed by atoms with Crippen molar-refractivity contribution in [3.8, 4) is 0 Å². The molecule has 2 aromatic rings. The van der Waals surface area contributed by atoms with Crippen LogP contribution in [0.4, 0.5) is 0 Å². The topological polar surface area (TPSA) is 48.3 Å². The van der Waals surface area contributed by atoms with Gasteiger partial charge < -0.3 is 0 Å². The molecule has 0 aliphatic carbocycles. The number of carbonyl (C=O) groups excluding carboxylic acids is 1. The quantitative estimate of drug-likeness (QED) is 0.578. The minimum Gasteiger partial charge on any atom is -0.261 e. The molecule has 0 aliphatic heterocycles. The first-order valence-corrected chi connectivity index (χ1v) is 3.12. The molecule has 1 heterocycles. The van der Waals surface area contributed by atoms with Gasteiger partial charge in [-0.3, -0.25) is 4.79 Å². The first kappa shape index (κ1) is 6.03. The van der Waals surface area contributed by atoms with Gasteiger partial charge in [-0.2, -0.15) is 0 Å². The smallest absolute Gasteiger partial charge is 0.261 e. The van der Waals surface area contributed by atoms with Crippen LogP contribution in [0.1, 0.15) is 10.4 Å². The van der Waals surface area contributed by atoms with E-state index in [2.05, 4.69) is 9.36 Å². The number of carbonyl (C=O) groups is 1. The summed E-state index contributed by atoms with van der Waals surface area (Å²) >= 11 is 0. The normalized spacial score (nSPS) is 10.2. The molecule has 0 spiro atoms. The molecule has 0 bridgehead atoms. The van der Waals surface area contributed by atoms with Crippen LogP contribution >= 0.6 is 0 Å². The SMILES string of the molecule is O=C(c1ccccc1)n1oo1. The number of nitrogens with zero attached hydrogens (tertiary/aromatic N) is 1. The summed E-state index contributed by atoms with van der Waals surface area (Å²) in [7, 11) is 0. The Morgan fingerprint density at radius 1 is 1.18 bits per heavy atom. The van der Waals surface area contributed by atoms with Gasteiger partial charge in [0.1, 0.15) is 0 Å². The summed E-state index contributed by atoms with van der Waals surface area (Å²) in [6.07, 6.45) is 0. The lowest BCUT2D eigenvalue weighted by molar-refractivity contribution is 0.0918. The average Bonchev–Trinajstić information content (AvgIpc) is 2.87. The van der Waals surface area contributed by atoms with Gasteiger partial charge in [0.25, 0.3) is 0 Å². The van der Waals surface area contributed by atoms with E-state index in [1.165, 1.54) is 0 Å². The molecule has 0 unspecified atom stereocenters. The second-order valence-electron chi connectivity index (χ2n) is 2.08. The fraction of sp³-hybridized carbons (Fsp3) is 0. The van der Waals surface area contributed by atoms with Crippen LogP contribution in [0.15, 0.2) is 39.7 Å². The van der Waals surface area contributed by atoms with Crippen molar-refractivity contribution in [2.24, 2.45) is 0 Å². The molecule has 0 radical (unpaired) electrons. The Morgan fingerprint density at radius 2 is 1.82 bits per heavy atom. The highest BCUT2D eigenvalue weighted by molar-refractivity contribution is 5.94. The van der Waals surface area contributed by atoms with Crippen LogP contribution in [0.3, 0.4) is 0 Å². The molecular formula is C7H5NO3. The van der Waals surface area contributed by atoms with E-state index in [-0.39, 0.29) is 5.91 Å². The molecule has 56 valence electrons. The van der Waals surface area contributed by atoms with Gasteiger partial charge in [-0.25, -0.2) is 0 Å². The van der Waals surface area contributed by atoms with Crippen molar-refractivity contribution in [2.45, 2.75) is 0 Å². The van der Waals surface area contributed by atoms with Crippen LogP contribution in [0.25, 0.3) is 0 Å². The summed E-state index contributed by atoms with van der Waals surface area (Å²) < 4.78 is 8.42. The van der Waals surface area contributed by atoms with Gasteiger partial charge in [0, 0.05) is 5.56 Å². The second kappa shape index (κ2) is 2.16. The highest BCUT2D eigenvalue weighted by Gasteiger charge is 2.16. The zero-order valence-electron chi connectivity index (χ0n) is 5.56. The van der Waals surface area contributed by atoms with Gasteiger partial charge in [-0.05, 0) is 12.1 Å². The van der Waals surface area contributed by atoms with Crippen molar-refractivity contribution in [3.63, 3.8) is 0 Å². The van der Waals surface area contributed by atoms with Crippen LogP contribution in [0.5, 0.6) is 0 Å². The maximum atomic E-state index is 11.1. The Kier molecular flexibility index (Phi) is 1.18. The average molecular weight is 151 g/mol. The van der Waals surface area contributed by atoms with Gasteiger partial charge >= 0.3 is 5.91 Å². The van der Waals surface area contributed by atoms with E-state index in [9.17, 15) is 4.79 Å². The Bertz CT molecular complexity index is 332. The predicted octanol–water partition coefficient (Wildman–Crippen LogP) is 1.36. The third-order valence-corrected chi connectivity index (χ3v) is 1.34. The van der Waals surface area contributed by atoms with Crippen molar-refractivity contribution in [2.75, 3.05) is 0 Å². The van der Waals surface area contributed by atoms with E-state index in [1.807, 2.05) is 6.07 Å². The monoisotopic (exact) mass is 151 g/mol. The predicted molar refractivity (Wildman–Crippen MR) is 35.1 cm³/mol. The van der Waals surface area contributed by atoms with Crippen LogP contribution in [0, 0.1) is 0 Å². The van der Waals surface area contributed by atoms with Gasteiger partial charge in [0.2, 0.25) is 0 Å². The highest BCUT2D eigenvalue weighted by Crippen LogP contribution is 2.04. The summed E-state index contributed by atoms with van der Waals surface area (Å²) in [6.45, 7) is 0. The van der Waals surface area contributed by atoms with E-state index < -0.39 is 0 Å². The van der Waals surface area contributed by atoms with Crippen molar-refractivity contribution < 1.29 is 14.2 Å². The highest BCUT2D eigenvalue weighted by atomic mass is 17.3. The van der Waals surface area contributed by atoms with E-state index in [1.54, 1.807) is 24.3 Å². The van der Waals surface area contributed by atoms with Crippen LogP contribution in [-0.2, 0) is 0 Å². The Hall–Kier alpha value is -1.71. The summed E-state index contributed by atoms with van der Waals surface area (Å²) in [4.78, 5) is 11.9. The van der Waals surface area contributed by atoms with E-state index in [0.717, 1.165) is 4.91 Å². The van der Waals surface area contributed by atoms with Crippen molar-refractivity contribution in [3.05, 3.63) is 35.9 Å².